The van der Waals surface area contributed by atoms with E-state index in [1.807, 2.05) is 72.8 Å². The van der Waals surface area contributed by atoms with Crippen LogP contribution in [0.3, 0.4) is 0 Å². The molecule has 2 saturated carbocycles. The average molecular weight is 801 g/mol. The molecule has 6 aliphatic rings. The van der Waals surface area contributed by atoms with Crippen LogP contribution in [0.5, 0.6) is 23.0 Å². The monoisotopic (exact) mass is 800 g/mol. The maximum absolute atomic E-state index is 13.1. The summed E-state index contributed by atoms with van der Waals surface area (Å²) in [6, 6.07) is 22.5. The molecular weight excluding hydrogens is 757 g/mol. The Morgan fingerprint density at radius 1 is 0.644 bits per heavy atom. The van der Waals surface area contributed by atoms with Gasteiger partial charge in [0.05, 0.1) is 24.0 Å². The highest BCUT2D eigenvalue weighted by atomic mass is 16.7. The van der Waals surface area contributed by atoms with Gasteiger partial charge >= 0.3 is 17.9 Å². The second-order valence-corrected chi connectivity index (χ2v) is 15.1. The zero-order chi connectivity index (χ0) is 41.3. The number of carbonyl (C=O) groups excluding carboxylic acids is 3. The summed E-state index contributed by atoms with van der Waals surface area (Å²) < 4.78 is 31.3. The van der Waals surface area contributed by atoms with Crippen LogP contribution in [0.2, 0.25) is 0 Å². The summed E-state index contributed by atoms with van der Waals surface area (Å²) in [7, 11) is 0. The number of hydrogen-bond donors (Lipinski definition) is 3. The minimum Gasteiger partial charge on any atom is -0.481 e. The van der Waals surface area contributed by atoms with Crippen LogP contribution >= 0.6 is 0 Å². The SMILES string of the molecule is CCOC(=O)C1=Cc2cc(N)ccc2C1.CCOC(=O)C1=Cc2cc(NC(=O)C3(c4ccc5c(c4)OCO5)CC3)ccc2C1.O=C(O)C1(c2ccc3c(c2)OCO3)CC1. The van der Waals surface area contributed by atoms with Gasteiger partial charge in [-0.05, 0) is 134 Å². The molecule has 0 saturated heterocycles. The van der Waals surface area contributed by atoms with Gasteiger partial charge in [0.25, 0.3) is 0 Å². The third-order valence-electron chi connectivity index (χ3n) is 11.3. The fourth-order valence-electron chi connectivity index (χ4n) is 7.64. The van der Waals surface area contributed by atoms with Crippen molar-refractivity contribution < 1.29 is 52.7 Å². The number of nitrogens with one attached hydrogen (secondary N) is 1. The molecule has 0 radical (unpaired) electrons. The number of nitrogens with two attached hydrogens (primary N) is 1. The second-order valence-electron chi connectivity index (χ2n) is 15.1. The van der Waals surface area contributed by atoms with E-state index in [1.54, 1.807) is 26.0 Å². The number of carboxylic acid groups (broad SMARTS) is 1. The molecule has 0 spiro atoms. The van der Waals surface area contributed by atoms with Crippen molar-refractivity contribution in [3.05, 3.63) is 117 Å². The minimum atomic E-state index is -0.749. The normalized spacial score (nSPS) is 17.0. The van der Waals surface area contributed by atoms with E-state index in [2.05, 4.69) is 5.32 Å². The predicted octanol–water partition coefficient (Wildman–Crippen LogP) is 6.89. The lowest BCUT2D eigenvalue weighted by molar-refractivity contribution is -0.140. The Labute approximate surface area is 340 Å². The van der Waals surface area contributed by atoms with E-state index in [4.69, 9.17) is 39.3 Å². The molecule has 0 unspecified atom stereocenters. The van der Waals surface area contributed by atoms with Crippen LogP contribution in [-0.4, -0.2) is 55.7 Å². The van der Waals surface area contributed by atoms with Crippen molar-refractivity contribution in [2.45, 2.75) is 63.2 Å². The number of carbonyl (C=O) groups is 4. The molecule has 2 fully saturated rings. The molecule has 304 valence electrons. The fraction of sp³-hybridized carbons (Fsp3) is 0.304. The van der Waals surface area contributed by atoms with Gasteiger partial charge in [-0.3, -0.25) is 9.59 Å². The number of esters is 2. The number of carboxylic acids is 1. The van der Waals surface area contributed by atoms with Gasteiger partial charge in [-0.1, -0.05) is 24.3 Å². The van der Waals surface area contributed by atoms with Gasteiger partial charge in [-0.25, -0.2) is 9.59 Å². The van der Waals surface area contributed by atoms with E-state index in [9.17, 15) is 19.2 Å². The van der Waals surface area contributed by atoms with Gasteiger partial charge < -0.3 is 44.6 Å². The summed E-state index contributed by atoms with van der Waals surface area (Å²) in [5.74, 6) is 1.47. The van der Waals surface area contributed by atoms with Crippen LogP contribution in [-0.2, 0) is 52.3 Å². The minimum absolute atomic E-state index is 0.0242. The molecule has 0 atom stereocenters. The topological polar surface area (TPSA) is 182 Å². The Bertz CT molecular complexity index is 2430. The molecule has 2 aliphatic heterocycles. The van der Waals surface area contributed by atoms with Crippen molar-refractivity contribution in [2.75, 3.05) is 37.9 Å². The molecule has 2 heterocycles. The van der Waals surface area contributed by atoms with Crippen molar-refractivity contribution >= 4 is 47.3 Å². The maximum Gasteiger partial charge on any atom is 0.334 e. The van der Waals surface area contributed by atoms with Crippen molar-refractivity contribution in [1.82, 2.24) is 0 Å². The number of fused-ring (bicyclic) bond motifs is 4. The molecule has 0 aromatic heterocycles. The number of amides is 1. The zero-order valence-corrected chi connectivity index (χ0v) is 32.8. The highest BCUT2D eigenvalue weighted by Gasteiger charge is 2.53. The van der Waals surface area contributed by atoms with Crippen molar-refractivity contribution in [1.29, 1.82) is 0 Å². The van der Waals surface area contributed by atoms with Gasteiger partial charge in [0, 0.05) is 35.4 Å². The molecule has 4 N–H and O–H groups in total. The Morgan fingerprint density at radius 2 is 1.14 bits per heavy atom. The molecule has 4 aromatic carbocycles. The molecule has 4 aromatic rings. The largest absolute Gasteiger partial charge is 0.481 e. The van der Waals surface area contributed by atoms with E-state index in [0.29, 0.717) is 73.0 Å². The van der Waals surface area contributed by atoms with Gasteiger partial charge in [-0.2, -0.15) is 0 Å². The standard InChI is InChI=1S/C23H21NO5.C12H13NO2.C11H10O4/c1-2-27-21(25)16-9-14-3-5-18(11-15(14)10-16)24-22(26)23(7-8-23)17-4-6-19-20(12-17)29-13-28-19;1-2-15-12(14)10-5-8-3-4-11(13)7-9(8)6-10;12-10(13)11(3-4-11)7-1-2-8-9(5-7)15-6-14-8/h3-6,10-12H,2,7-9,13H2,1H3,(H,24,26);3-4,6-7H,2,5,13H2,1H3;1-2,5H,3-4,6H2,(H,12,13). The number of ether oxygens (including phenoxy) is 6. The van der Waals surface area contributed by atoms with E-state index in [-0.39, 0.29) is 31.4 Å². The first-order valence-electron chi connectivity index (χ1n) is 19.6. The zero-order valence-electron chi connectivity index (χ0n) is 32.8. The van der Waals surface area contributed by atoms with Gasteiger partial charge in [0.15, 0.2) is 23.0 Å². The van der Waals surface area contributed by atoms with Crippen LogP contribution in [0.25, 0.3) is 12.2 Å². The molecule has 4 aliphatic carbocycles. The van der Waals surface area contributed by atoms with Crippen LogP contribution in [0.15, 0.2) is 83.9 Å². The van der Waals surface area contributed by atoms with E-state index in [0.717, 1.165) is 57.6 Å². The van der Waals surface area contributed by atoms with Gasteiger partial charge in [0.2, 0.25) is 19.5 Å². The van der Waals surface area contributed by atoms with Crippen LogP contribution < -0.4 is 30.0 Å². The quantitative estimate of drug-likeness (QED) is 0.118. The number of benzene rings is 4. The molecule has 1 amide bonds. The molecule has 59 heavy (non-hydrogen) atoms. The van der Waals surface area contributed by atoms with E-state index in [1.165, 1.54) is 0 Å². The summed E-state index contributed by atoms with van der Waals surface area (Å²) in [4.78, 5) is 47.6. The number of nitrogen functional groups attached to an aromatic ring is 1. The lowest BCUT2D eigenvalue weighted by Gasteiger charge is -2.17. The number of hydrogen-bond acceptors (Lipinski definition) is 11. The summed E-state index contributed by atoms with van der Waals surface area (Å²) in [6.45, 7) is 4.80. The highest BCUT2D eigenvalue weighted by Crippen LogP contribution is 2.52. The van der Waals surface area contributed by atoms with Crippen molar-refractivity contribution in [2.24, 2.45) is 0 Å². The first-order valence-corrected chi connectivity index (χ1v) is 19.6. The van der Waals surface area contributed by atoms with E-state index >= 15 is 0 Å². The number of anilines is 2. The molecule has 0 bridgehead atoms. The van der Waals surface area contributed by atoms with Crippen LogP contribution in [0.1, 0.15) is 72.9 Å². The third-order valence-corrected chi connectivity index (χ3v) is 11.3. The Morgan fingerprint density at radius 3 is 1.64 bits per heavy atom. The van der Waals surface area contributed by atoms with Crippen molar-refractivity contribution in [3.8, 4) is 23.0 Å². The Kier molecular flexibility index (Phi) is 10.5. The number of rotatable bonds is 9. The second kappa shape index (κ2) is 15.9. The summed E-state index contributed by atoms with van der Waals surface area (Å²) in [6.07, 6.45) is 7.92. The van der Waals surface area contributed by atoms with Crippen LogP contribution in [0.4, 0.5) is 11.4 Å². The first kappa shape index (κ1) is 39.1. The Balaban J connectivity index is 0.000000136. The molecule has 10 rings (SSSR count). The number of aliphatic carboxylic acids is 1. The summed E-state index contributed by atoms with van der Waals surface area (Å²) in [5, 5.41) is 12.2. The predicted molar refractivity (Wildman–Crippen MR) is 217 cm³/mol. The molecule has 13 heteroatoms. The lowest BCUT2D eigenvalue weighted by atomic mass is 9.94. The molecule has 13 nitrogen and oxygen atoms in total. The van der Waals surface area contributed by atoms with Gasteiger partial charge in [-0.15, -0.1) is 0 Å². The fourth-order valence-corrected chi connectivity index (χ4v) is 7.64. The third kappa shape index (κ3) is 7.92. The summed E-state index contributed by atoms with van der Waals surface area (Å²) in [5.41, 5.74) is 13.2. The Hall–Kier alpha value is -6.76. The lowest BCUT2D eigenvalue weighted by Crippen LogP contribution is -2.27. The maximum atomic E-state index is 13.1. The smallest absolute Gasteiger partial charge is 0.334 e. The first-order chi connectivity index (χ1) is 28.5. The highest BCUT2D eigenvalue weighted by molar-refractivity contribution is 6.02. The van der Waals surface area contributed by atoms with Gasteiger partial charge in [0.1, 0.15) is 0 Å². The summed E-state index contributed by atoms with van der Waals surface area (Å²) >= 11 is 0. The van der Waals surface area contributed by atoms with Crippen molar-refractivity contribution in [3.63, 3.8) is 0 Å². The van der Waals surface area contributed by atoms with Crippen LogP contribution in [0, 0.1) is 0 Å². The molecular formula is C46H44N2O11. The van der Waals surface area contributed by atoms with E-state index < -0.39 is 16.8 Å². The average Bonchev–Trinajstić information content (AvgIpc) is 3.94.